The summed E-state index contributed by atoms with van der Waals surface area (Å²) >= 11 is 0. The van der Waals surface area contributed by atoms with E-state index >= 15 is 0 Å². The average molecular weight is 239 g/mol. The molecule has 0 heterocycles. The Labute approximate surface area is 104 Å². The molecule has 0 aromatic rings. The van der Waals surface area contributed by atoms with Crippen LogP contribution in [-0.2, 0) is 9.53 Å². The molecule has 0 spiro atoms. The Hall–Kier alpha value is -0.570. The highest BCUT2D eigenvalue weighted by Crippen LogP contribution is 2.35. The lowest BCUT2D eigenvalue weighted by Crippen LogP contribution is -2.47. The van der Waals surface area contributed by atoms with Gasteiger partial charge in [0.05, 0.1) is 7.11 Å². The molecule has 2 rings (SSSR count). The Morgan fingerprint density at radius 1 is 1.35 bits per heavy atom. The topological polar surface area (TPSA) is 38.3 Å². The Morgan fingerprint density at radius 2 is 2.12 bits per heavy atom. The van der Waals surface area contributed by atoms with Crippen molar-refractivity contribution in [1.29, 1.82) is 0 Å². The molecule has 98 valence electrons. The molecule has 0 radical (unpaired) electrons. The van der Waals surface area contributed by atoms with E-state index in [0.29, 0.717) is 12.0 Å². The molecule has 17 heavy (non-hydrogen) atoms. The summed E-state index contributed by atoms with van der Waals surface area (Å²) < 4.78 is 4.91. The quantitative estimate of drug-likeness (QED) is 0.749. The van der Waals surface area contributed by atoms with Gasteiger partial charge in [0.2, 0.25) is 0 Å². The molecule has 0 aliphatic heterocycles. The van der Waals surface area contributed by atoms with E-state index in [2.05, 4.69) is 12.2 Å². The van der Waals surface area contributed by atoms with Crippen LogP contribution in [0.1, 0.15) is 51.9 Å². The van der Waals surface area contributed by atoms with Gasteiger partial charge in [0.1, 0.15) is 6.04 Å². The van der Waals surface area contributed by atoms with Crippen LogP contribution in [0.2, 0.25) is 0 Å². The van der Waals surface area contributed by atoms with Gasteiger partial charge < -0.3 is 10.1 Å². The molecule has 2 aliphatic rings. The first-order valence-electron chi connectivity index (χ1n) is 7.08. The van der Waals surface area contributed by atoms with E-state index in [1.54, 1.807) is 0 Å². The van der Waals surface area contributed by atoms with Crippen LogP contribution in [0.25, 0.3) is 0 Å². The highest BCUT2D eigenvalue weighted by molar-refractivity contribution is 5.76. The third-order valence-corrected chi connectivity index (χ3v) is 4.32. The van der Waals surface area contributed by atoms with Crippen LogP contribution in [0.15, 0.2) is 0 Å². The molecular formula is C14H25NO2. The van der Waals surface area contributed by atoms with Gasteiger partial charge in [-0.2, -0.15) is 0 Å². The number of methoxy groups -OCH3 is 1. The molecule has 2 aliphatic carbocycles. The summed E-state index contributed by atoms with van der Waals surface area (Å²) in [4.78, 5) is 11.7. The maximum absolute atomic E-state index is 11.7. The fraction of sp³-hybridized carbons (Fsp3) is 0.929. The van der Waals surface area contributed by atoms with E-state index in [4.69, 9.17) is 4.74 Å². The number of hydrogen-bond acceptors (Lipinski definition) is 3. The van der Waals surface area contributed by atoms with Crippen molar-refractivity contribution < 1.29 is 9.53 Å². The second-order valence-corrected chi connectivity index (χ2v) is 5.64. The standard InChI is InChI=1S/C14H25NO2/c1-3-10-5-4-6-12(9-10)15-13(11-7-8-11)14(16)17-2/h10-13,15H,3-9H2,1-2H3. The third-order valence-electron chi connectivity index (χ3n) is 4.32. The molecular weight excluding hydrogens is 214 g/mol. The number of carbonyl (C=O) groups is 1. The zero-order valence-electron chi connectivity index (χ0n) is 11.1. The van der Waals surface area contributed by atoms with Gasteiger partial charge in [-0.05, 0) is 37.5 Å². The minimum Gasteiger partial charge on any atom is -0.468 e. The largest absolute Gasteiger partial charge is 0.468 e. The number of esters is 1. The number of rotatable bonds is 5. The van der Waals surface area contributed by atoms with Crippen molar-refractivity contribution in [3.63, 3.8) is 0 Å². The van der Waals surface area contributed by atoms with Crippen molar-refractivity contribution in [2.45, 2.75) is 64.0 Å². The molecule has 3 heteroatoms. The average Bonchev–Trinajstić information content (AvgIpc) is 3.19. The second kappa shape index (κ2) is 5.85. The number of hydrogen-bond donors (Lipinski definition) is 1. The minimum absolute atomic E-state index is 0.0411. The van der Waals surface area contributed by atoms with Gasteiger partial charge in [0.15, 0.2) is 0 Å². The first-order chi connectivity index (χ1) is 8.24. The van der Waals surface area contributed by atoms with Crippen LogP contribution >= 0.6 is 0 Å². The Kier molecular flexibility index (Phi) is 4.43. The van der Waals surface area contributed by atoms with Gasteiger partial charge in [-0.3, -0.25) is 4.79 Å². The third kappa shape index (κ3) is 3.44. The monoisotopic (exact) mass is 239 g/mol. The first kappa shape index (κ1) is 12.9. The maximum atomic E-state index is 11.7. The highest BCUT2D eigenvalue weighted by atomic mass is 16.5. The summed E-state index contributed by atoms with van der Waals surface area (Å²) in [5.41, 5.74) is 0. The van der Waals surface area contributed by atoms with Gasteiger partial charge in [0.25, 0.3) is 0 Å². The number of ether oxygens (including phenoxy) is 1. The molecule has 0 aromatic heterocycles. The van der Waals surface area contributed by atoms with Crippen LogP contribution in [0, 0.1) is 11.8 Å². The number of carbonyl (C=O) groups excluding carboxylic acids is 1. The summed E-state index contributed by atoms with van der Waals surface area (Å²) in [5, 5.41) is 3.56. The van der Waals surface area contributed by atoms with Crippen LogP contribution < -0.4 is 5.32 Å². The molecule has 3 unspecified atom stereocenters. The Bertz CT molecular complexity index is 263. The SMILES string of the molecule is CCC1CCCC(NC(C(=O)OC)C2CC2)C1. The molecule has 3 atom stereocenters. The molecule has 1 N–H and O–H groups in total. The lowest BCUT2D eigenvalue weighted by Gasteiger charge is -2.31. The Balaban J connectivity index is 1.86. The lowest BCUT2D eigenvalue weighted by molar-refractivity contribution is -0.144. The van der Waals surface area contributed by atoms with Gasteiger partial charge in [-0.25, -0.2) is 0 Å². The van der Waals surface area contributed by atoms with Crippen molar-refractivity contribution in [3.8, 4) is 0 Å². The highest BCUT2D eigenvalue weighted by Gasteiger charge is 2.38. The van der Waals surface area contributed by atoms with Crippen LogP contribution in [0.3, 0.4) is 0 Å². The predicted molar refractivity (Wildman–Crippen MR) is 67.7 cm³/mol. The van der Waals surface area contributed by atoms with Gasteiger partial charge >= 0.3 is 5.97 Å². The fourth-order valence-corrected chi connectivity index (χ4v) is 3.02. The molecule has 2 saturated carbocycles. The minimum atomic E-state index is -0.0638. The second-order valence-electron chi connectivity index (χ2n) is 5.64. The Morgan fingerprint density at radius 3 is 2.71 bits per heavy atom. The fourth-order valence-electron chi connectivity index (χ4n) is 3.02. The van der Waals surface area contributed by atoms with Crippen molar-refractivity contribution in [2.24, 2.45) is 11.8 Å². The normalized spacial score (nSPS) is 30.9. The van der Waals surface area contributed by atoms with E-state index in [0.717, 1.165) is 5.92 Å². The van der Waals surface area contributed by atoms with Crippen LogP contribution in [0.4, 0.5) is 0 Å². The van der Waals surface area contributed by atoms with Crippen LogP contribution in [-0.4, -0.2) is 25.2 Å². The molecule has 0 amide bonds. The maximum Gasteiger partial charge on any atom is 0.323 e. The van der Waals surface area contributed by atoms with E-state index in [9.17, 15) is 4.79 Å². The van der Waals surface area contributed by atoms with Gasteiger partial charge in [0, 0.05) is 6.04 Å². The zero-order valence-corrected chi connectivity index (χ0v) is 11.1. The smallest absolute Gasteiger partial charge is 0.323 e. The summed E-state index contributed by atoms with van der Waals surface area (Å²) in [6.07, 6.45) is 8.74. The first-order valence-corrected chi connectivity index (χ1v) is 7.08. The van der Waals surface area contributed by atoms with Crippen LogP contribution in [0.5, 0.6) is 0 Å². The summed E-state index contributed by atoms with van der Waals surface area (Å²) in [6, 6.07) is 0.485. The predicted octanol–water partition coefficient (Wildman–Crippen LogP) is 2.50. The number of nitrogens with one attached hydrogen (secondary N) is 1. The molecule has 3 nitrogen and oxygen atoms in total. The molecule has 0 aromatic carbocycles. The van der Waals surface area contributed by atoms with Gasteiger partial charge in [-0.15, -0.1) is 0 Å². The van der Waals surface area contributed by atoms with Crippen molar-refractivity contribution in [1.82, 2.24) is 5.32 Å². The van der Waals surface area contributed by atoms with Crippen molar-refractivity contribution >= 4 is 5.97 Å². The zero-order chi connectivity index (χ0) is 12.3. The van der Waals surface area contributed by atoms with Crippen molar-refractivity contribution in [2.75, 3.05) is 7.11 Å². The summed E-state index contributed by atoms with van der Waals surface area (Å²) in [6.45, 7) is 2.27. The van der Waals surface area contributed by atoms with Gasteiger partial charge in [-0.1, -0.05) is 26.2 Å². The van der Waals surface area contributed by atoms with Crippen molar-refractivity contribution in [3.05, 3.63) is 0 Å². The molecule has 0 saturated heterocycles. The lowest BCUT2D eigenvalue weighted by atomic mass is 9.84. The summed E-state index contributed by atoms with van der Waals surface area (Å²) in [5.74, 6) is 1.31. The van der Waals surface area contributed by atoms with E-state index in [1.165, 1.54) is 52.1 Å². The van der Waals surface area contributed by atoms with E-state index in [1.807, 2.05) is 0 Å². The summed E-state index contributed by atoms with van der Waals surface area (Å²) in [7, 11) is 1.50. The molecule has 0 bridgehead atoms. The van der Waals surface area contributed by atoms with E-state index in [-0.39, 0.29) is 12.0 Å². The van der Waals surface area contributed by atoms with E-state index < -0.39 is 0 Å². The molecule has 2 fully saturated rings.